The highest BCUT2D eigenvalue weighted by Gasteiger charge is 2.24. The van der Waals surface area contributed by atoms with Gasteiger partial charge in [0.15, 0.2) is 0 Å². The summed E-state index contributed by atoms with van der Waals surface area (Å²) in [7, 11) is 0. The van der Waals surface area contributed by atoms with Crippen molar-refractivity contribution in [2.24, 2.45) is 5.73 Å². The zero-order valence-electron chi connectivity index (χ0n) is 31.6. The number of ether oxygens (including phenoxy) is 3. The third kappa shape index (κ3) is 32.9. The Morgan fingerprint density at radius 2 is 0.941 bits per heavy atom. The van der Waals surface area contributed by atoms with E-state index < -0.39 is 36.2 Å². The van der Waals surface area contributed by atoms with Gasteiger partial charge in [-0.05, 0) is 57.8 Å². The summed E-state index contributed by atoms with van der Waals surface area (Å²) in [5.74, 6) is -2.79. The molecule has 298 valence electrons. The molecular weight excluding hydrogens is 658 g/mol. The number of esters is 3. The first-order chi connectivity index (χ1) is 24.6. The maximum atomic E-state index is 12.2. The highest BCUT2D eigenvalue weighted by Crippen LogP contribution is 2.18. The maximum Gasteiger partial charge on any atom is 0.320 e. The van der Waals surface area contributed by atoms with Crippen LogP contribution in [0.1, 0.15) is 187 Å². The van der Waals surface area contributed by atoms with Crippen LogP contribution >= 0.6 is 0 Å². The van der Waals surface area contributed by atoms with E-state index in [1.54, 1.807) is 0 Å². The largest absolute Gasteiger partial charge is 0.481 e. The van der Waals surface area contributed by atoms with Crippen LogP contribution in [0, 0.1) is 0 Å². The summed E-state index contributed by atoms with van der Waals surface area (Å²) in [4.78, 5) is 57.5. The average Bonchev–Trinajstić information content (AvgIpc) is 3.09. The third-order valence-electron chi connectivity index (χ3n) is 9.00. The van der Waals surface area contributed by atoms with Gasteiger partial charge in [-0.3, -0.25) is 24.0 Å². The van der Waals surface area contributed by atoms with Crippen molar-refractivity contribution in [1.29, 1.82) is 0 Å². The van der Waals surface area contributed by atoms with Crippen LogP contribution in [-0.4, -0.2) is 76.6 Å². The molecule has 12 nitrogen and oxygen atoms in total. The minimum atomic E-state index is -1.16. The van der Waals surface area contributed by atoms with Crippen LogP contribution in [0.15, 0.2) is 0 Å². The number of carboxylic acids is 2. The molecule has 12 heteroatoms. The summed E-state index contributed by atoms with van der Waals surface area (Å²) in [5, 5.41) is 28.2. The molecule has 0 aromatic heterocycles. The van der Waals surface area contributed by atoms with Crippen molar-refractivity contribution in [3.63, 3.8) is 0 Å². The molecule has 0 aliphatic carbocycles. The number of aliphatic hydroxyl groups is 1. The van der Waals surface area contributed by atoms with Crippen LogP contribution in [0.2, 0.25) is 0 Å². The fourth-order valence-electron chi connectivity index (χ4n) is 5.75. The average molecular weight is 730 g/mol. The molecule has 0 bridgehead atoms. The Hall–Kier alpha value is -2.73. The topological polar surface area (TPSA) is 200 Å². The summed E-state index contributed by atoms with van der Waals surface area (Å²) < 4.78 is 16.1. The van der Waals surface area contributed by atoms with Crippen molar-refractivity contribution in [2.45, 2.75) is 205 Å². The molecule has 5 N–H and O–H groups in total. The molecule has 0 rings (SSSR count). The quantitative estimate of drug-likeness (QED) is 0.0275. The Kier molecular flexibility index (Phi) is 32.5. The summed E-state index contributed by atoms with van der Waals surface area (Å²) in [6, 6.07) is -1.11. The number of nitrogens with two attached hydrogens (primary N) is 1. The fourth-order valence-corrected chi connectivity index (χ4v) is 5.75. The van der Waals surface area contributed by atoms with Gasteiger partial charge >= 0.3 is 29.8 Å². The van der Waals surface area contributed by atoms with Crippen molar-refractivity contribution < 1.29 is 53.5 Å². The standard InChI is InChI=1S/C39H71NO11/c1-2-3-16-24-34(51-38(46)29-28-32(40)39(47)48)33(41)23-17-12-10-11-15-20-27-37(45)50-31-22-21-30-49-36(44)26-19-14-9-7-5-4-6-8-13-18-25-35(42)43/h32-34,41H,2-31,40H2,1H3,(H,42,43)(H,47,48)/t32-,33?,34?/m1/s1. The molecule has 51 heavy (non-hydrogen) atoms. The van der Waals surface area contributed by atoms with E-state index in [2.05, 4.69) is 6.92 Å². The normalized spacial score (nSPS) is 12.9. The van der Waals surface area contributed by atoms with Crippen molar-refractivity contribution in [2.75, 3.05) is 13.2 Å². The van der Waals surface area contributed by atoms with E-state index in [0.717, 1.165) is 109 Å². The molecule has 0 aliphatic rings. The summed E-state index contributed by atoms with van der Waals surface area (Å²) in [6.07, 6.45) is 20.7. The van der Waals surface area contributed by atoms with Gasteiger partial charge in [-0.25, -0.2) is 0 Å². The maximum absolute atomic E-state index is 12.2. The number of hydrogen-bond acceptors (Lipinski definition) is 10. The van der Waals surface area contributed by atoms with Crippen LogP contribution in [0.25, 0.3) is 0 Å². The summed E-state index contributed by atoms with van der Waals surface area (Å²) in [5.41, 5.74) is 5.47. The van der Waals surface area contributed by atoms with Gasteiger partial charge in [0.1, 0.15) is 12.1 Å². The van der Waals surface area contributed by atoms with Crippen molar-refractivity contribution in [1.82, 2.24) is 0 Å². The molecule has 0 spiro atoms. The predicted molar refractivity (Wildman–Crippen MR) is 196 cm³/mol. The molecule has 3 atom stereocenters. The molecule has 0 fully saturated rings. The Bertz CT molecular complexity index is 914. The van der Waals surface area contributed by atoms with E-state index in [4.69, 9.17) is 30.2 Å². The zero-order valence-corrected chi connectivity index (χ0v) is 31.6. The van der Waals surface area contributed by atoms with Crippen molar-refractivity contribution in [3.8, 4) is 0 Å². The molecule has 0 saturated carbocycles. The number of carboxylic acid groups (broad SMARTS) is 2. The minimum absolute atomic E-state index is 0.00560. The summed E-state index contributed by atoms with van der Waals surface area (Å²) >= 11 is 0. The van der Waals surface area contributed by atoms with E-state index >= 15 is 0 Å². The molecule has 2 unspecified atom stereocenters. The van der Waals surface area contributed by atoms with Gasteiger partial charge in [-0.15, -0.1) is 0 Å². The first kappa shape index (κ1) is 48.3. The lowest BCUT2D eigenvalue weighted by molar-refractivity contribution is -0.156. The van der Waals surface area contributed by atoms with Gasteiger partial charge in [0.05, 0.1) is 19.3 Å². The Labute approximate surface area is 306 Å². The lowest BCUT2D eigenvalue weighted by atomic mass is 10.00. The number of carbonyl (C=O) groups is 5. The molecule has 0 aromatic rings. The van der Waals surface area contributed by atoms with Crippen LogP contribution in [0.5, 0.6) is 0 Å². The van der Waals surface area contributed by atoms with Gasteiger partial charge in [0, 0.05) is 25.7 Å². The second-order valence-electron chi connectivity index (χ2n) is 13.8. The fraction of sp³-hybridized carbons (Fsp3) is 0.872. The van der Waals surface area contributed by atoms with Crippen LogP contribution < -0.4 is 5.73 Å². The van der Waals surface area contributed by atoms with E-state index in [0.29, 0.717) is 51.7 Å². The van der Waals surface area contributed by atoms with E-state index in [1.165, 1.54) is 12.8 Å². The second-order valence-corrected chi connectivity index (χ2v) is 13.8. The number of hydrogen-bond donors (Lipinski definition) is 4. The number of carbonyl (C=O) groups excluding carboxylic acids is 3. The third-order valence-corrected chi connectivity index (χ3v) is 9.00. The first-order valence-corrected chi connectivity index (χ1v) is 20.0. The van der Waals surface area contributed by atoms with Crippen LogP contribution in [0.3, 0.4) is 0 Å². The minimum Gasteiger partial charge on any atom is -0.481 e. The second kappa shape index (κ2) is 34.4. The number of unbranched alkanes of at least 4 members (excludes halogenated alkanes) is 17. The van der Waals surface area contributed by atoms with Crippen LogP contribution in [-0.2, 0) is 38.2 Å². The van der Waals surface area contributed by atoms with E-state index in [1.807, 2.05) is 0 Å². The van der Waals surface area contributed by atoms with Gasteiger partial charge < -0.3 is 35.3 Å². The molecule has 0 amide bonds. The Morgan fingerprint density at radius 1 is 0.510 bits per heavy atom. The van der Waals surface area contributed by atoms with Crippen LogP contribution in [0.4, 0.5) is 0 Å². The van der Waals surface area contributed by atoms with E-state index in [-0.39, 0.29) is 31.2 Å². The highest BCUT2D eigenvalue weighted by atomic mass is 16.6. The molecule has 0 heterocycles. The number of rotatable bonds is 37. The van der Waals surface area contributed by atoms with Gasteiger partial charge in [-0.1, -0.05) is 103 Å². The monoisotopic (exact) mass is 730 g/mol. The molecule has 0 aliphatic heterocycles. The number of aliphatic carboxylic acids is 2. The lowest BCUT2D eigenvalue weighted by Gasteiger charge is -2.23. The Morgan fingerprint density at radius 3 is 1.39 bits per heavy atom. The smallest absolute Gasteiger partial charge is 0.320 e. The highest BCUT2D eigenvalue weighted by molar-refractivity contribution is 5.75. The molecule has 0 aromatic carbocycles. The molecular formula is C39H71NO11. The zero-order chi connectivity index (χ0) is 38.0. The Balaban J connectivity index is 3.73. The van der Waals surface area contributed by atoms with Gasteiger partial charge in [-0.2, -0.15) is 0 Å². The molecule has 0 saturated heterocycles. The SMILES string of the molecule is CCCCCC(OC(=O)CC[C@@H](N)C(=O)O)C(O)CCCCCCCCC(=O)OCCCCOC(=O)CCCCCCCCCCCCC(=O)O. The number of aliphatic hydroxyl groups excluding tert-OH is 1. The van der Waals surface area contributed by atoms with Gasteiger partial charge in [0.25, 0.3) is 0 Å². The summed E-state index contributed by atoms with van der Waals surface area (Å²) in [6.45, 7) is 2.74. The first-order valence-electron chi connectivity index (χ1n) is 20.0. The molecule has 0 radical (unpaired) electrons. The van der Waals surface area contributed by atoms with Crippen molar-refractivity contribution in [3.05, 3.63) is 0 Å². The van der Waals surface area contributed by atoms with Crippen molar-refractivity contribution >= 4 is 29.8 Å². The van der Waals surface area contributed by atoms with E-state index in [9.17, 15) is 29.1 Å². The lowest BCUT2D eigenvalue weighted by Crippen LogP contribution is -2.33. The predicted octanol–water partition coefficient (Wildman–Crippen LogP) is 7.78. The van der Waals surface area contributed by atoms with Gasteiger partial charge in [0.2, 0.25) is 0 Å².